The SMILES string of the molecule is N#Cc1cc(F)c(OCCO)cc1Br. The highest BCUT2D eigenvalue weighted by Crippen LogP contribution is 2.25. The summed E-state index contributed by atoms with van der Waals surface area (Å²) in [5, 5.41) is 17.1. The highest BCUT2D eigenvalue weighted by Gasteiger charge is 2.08. The Labute approximate surface area is 88.9 Å². The van der Waals surface area contributed by atoms with E-state index >= 15 is 0 Å². The van der Waals surface area contributed by atoms with Crippen LogP contribution < -0.4 is 4.74 Å². The van der Waals surface area contributed by atoms with Crippen LogP contribution in [-0.4, -0.2) is 18.3 Å². The van der Waals surface area contributed by atoms with Crippen molar-refractivity contribution >= 4 is 15.9 Å². The summed E-state index contributed by atoms with van der Waals surface area (Å²) in [6.45, 7) is -0.160. The highest BCUT2D eigenvalue weighted by atomic mass is 79.9. The van der Waals surface area contributed by atoms with Gasteiger partial charge in [0.05, 0.1) is 12.2 Å². The van der Waals surface area contributed by atoms with Crippen LogP contribution in [0.1, 0.15) is 5.56 Å². The topological polar surface area (TPSA) is 53.2 Å². The van der Waals surface area contributed by atoms with E-state index in [1.807, 2.05) is 6.07 Å². The summed E-state index contributed by atoms with van der Waals surface area (Å²) in [4.78, 5) is 0. The number of hydrogen-bond donors (Lipinski definition) is 1. The summed E-state index contributed by atoms with van der Waals surface area (Å²) in [5.74, 6) is -0.594. The number of halogens is 2. The van der Waals surface area contributed by atoms with Gasteiger partial charge in [-0.3, -0.25) is 0 Å². The van der Waals surface area contributed by atoms with Gasteiger partial charge in [0.2, 0.25) is 0 Å². The second kappa shape index (κ2) is 4.94. The van der Waals surface area contributed by atoms with Crippen molar-refractivity contribution in [3.05, 3.63) is 28.0 Å². The molecule has 0 radical (unpaired) electrons. The normalized spacial score (nSPS) is 9.57. The number of aliphatic hydroxyl groups is 1. The van der Waals surface area contributed by atoms with Crippen molar-refractivity contribution < 1.29 is 14.2 Å². The Balaban J connectivity index is 2.98. The number of ether oxygens (including phenoxy) is 1. The summed E-state index contributed by atoms with van der Waals surface area (Å²) >= 11 is 3.10. The van der Waals surface area contributed by atoms with Crippen LogP contribution in [0.2, 0.25) is 0 Å². The molecule has 0 aliphatic rings. The molecule has 0 heterocycles. The van der Waals surface area contributed by atoms with Gasteiger partial charge in [-0.1, -0.05) is 0 Å². The number of hydrogen-bond acceptors (Lipinski definition) is 3. The lowest BCUT2D eigenvalue weighted by molar-refractivity contribution is 0.196. The molecule has 0 atom stereocenters. The lowest BCUT2D eigenvalue weighted by Gasteiger charge is -2.06. The summed E-state index contributed by atoms with van der Waals surface area (Å²) < 4.78 is 18.5. The van der Waals surface area contributed by atoms with Gasteiger partial charge < -0.3 is 9.84 Å². The van der Waals surface area contributed by atoms with Gasteiger partial charge in [-0.25, -0.2) is 4.39 Å². The van der Waals surface area contributed by atoms with Gasteiger partial charge in [-0.15, -0.1) is 0 Å². The van der Waals surface area contributed by atoms with Crippen LogP contribution in [-0.2, 0) is 0 Å². The molecule has 0 saturated carbocycles. The third-order valence-electron chi connectivity index (χ3n) is 1.49. The van der Waals surface area contributed by atoms with Gasteiger partial charge in [-0.05, 0) is 28.1 Å². The summed E-state index contributed by atoms with van der Waals surface area (Å²) in [7, 11) is 0. The Morgan fingerprint density at radius 1 is 1.57 bits per heavy atom. The predicted octanol–water partition coefficient (Wildman–Crippen LogP) is 1.83. The zero-order valence-corrected chi connectivity index (χ0v) is 8.71. The van der Waals surface area contributed by atoms with E-state index in [1.165, 1.54) is 6.07 Å². The monoisotopic (exact) mass is 259 g/mol. The molecular formula is C9H7BrFNO2. The molecule has 0 aliphatic heterocycles. The molecule has 0 amide bonds. The predicted molar refractivity (Wildman–Crippen MR) is 51.4 cm³/mol. The summed E-state index contributed by atoms with van der Waals surface area (Å²) in [5.41, 5.74) is 0.207. The van der Waals surface area contributed by atoms with Gasteiger partial charge in [0.15, 0.2) is 11.6 Å². The van der Waals surface area contributed by atoms with E-state index in [1.54, 1.807) is 0 Å². The lowest BCUT2D eigenvalue weighted by Crippen LogP contribution is -2.03. The van der Waals surface area contributed by atoms with E-state index < -0.39 is 5.82 Å². The molecule has 0 unspecified atom stereocenters. The fourth-order valence-electron chi connectivity index (χ4n) is 0.880. The molecule has 0 spiro atoms. The molecule has 0 aromatic heterocycles. The van der Waals surface area contributed by atoms with Crippen LogP contribution in [0.25, 0.3) is 0 Å². The molecule has 1 aromatic rings. The van der Waals surface area contributed by atoms with E-state index in [2.05, 4.69) is 15.9 Å². The van der Waals surface area contributed by atoms with Gasteiger partial charge in [-0.2, -0.15) is 5.26 Å². The second-order valence-electron chi connectivity index (χ2n) is 2.45. The number of nitriles is 1. The number of aliphatic hydroxyl groups excluding tert-OH is 1. The average molecular weight is 260 g/mol. The molecule has 0 bridgehead atoms. The zero-order chi connectivity index (χ0) is 10.6. The Hall–Kier alpha value is -1.12. The van der Waals surface area contributed by atoms with Crippen LogP contribution in [0.4, 0.5) is 4.39 Å². The first-order valence-electron chi connectivity index (χ1n) is 3.82. The standard InChI is InChI=1S/C9H7BrFNO2/c10-7-4-9(14-2-1-13)8(11)3-6(7)5-12/h3-4,13H,1-2H2. The van der Waals surface area contributed by atoms with Crippen LogP contribution >= 0.6 is 15.9 Å². The average Bonchev–Trinajstić information content (AvgIpc) is 2.18. The molecule has 0 saturated heterocycles. The van der Waals surface area contributed by atoms with Crippen LogP contribution in [0, 0.1) is 17.1 Å². The van der Waals surface area contributed by atoms with E-state index in [0.717, 1.165) is 6.07 Å². The van der Waals surface area contributed by atoms with E-state index in [-0.39, 0.29) is 24.5 Å². The molecule has 1 rings (SSSR count). The number of nitrogens with zero attached hydrogens (tertiary/aromatic N) is 1. The fraction of sp³-hybridized carbons (Fsp3) is 0.222. The van der Waals surface area contributed by atoms with E-state index in [0.29, 0.717) is 4.47 Å². The minimum absolute atomic E-state index is 0.0184. The smallest absolute Gasteiger partial charge is 0.166 e. The minimum atomic E-state index is -0.613. The van der Waals surface area contributed by atoms with Gasteiger partial charge in [0.25, 0.3) is 0 Å². The molecule has 1 N–H and O–H groups in total. The van der Waals surface area contributed by atoms with Crippen LogP contribution in [0.15, 0.2) is 16.6 Å². The summed E-state index contributed by atoms with van der Waals surface area (Å²) in [6, 6.07) is 4.27. The van der Waals surface area contributed by atoms with Crippen molar-refractivity contribution in [2.45, 2.75) is 0 Å². The zero-order valence-electron chi connectivity index (χ0n) is 7.13. The van der Waals surface area contributed by atoms with E-state index in [9.17, 15) is 4.39 Å². The minimum Gasteiger partial charge on any atom is -0.488 e. The lowest BCUT2D eigenvalue weighted by atomic mass is 10.2. The van der Waals surface area contributed by atoms with Crippen molar-refractivity contribution in [1.29, 1.82) is 5.26 Å². The maximum atomic E-state index is 13.2. The highest BCUT2D eigenvalue weighted by molar-refractivity contribution is 9.10. The Morgan fingerprint density at radius 3 is 2.86 bits per heavy atom. The maximum Gasteiger partial charge on any atom is 0.166 e. The van der Waals surface area contributed by atoms with Crippen molar-refractivity contribution in [2.24, 2.45) is 0 Å². The van der Waals surface area contributed by atoms with Crippen molar-refractivity contribution in [2.75, 3.05) is 13.2 Å². The van der Waals surface area contributed by atoms with E-state index in [4.69, 9.17) is 15.1 Å². The molecule has 0 fully saturated rings. The molecular weight excluding hydrogens is 253 g/mol. The first-order valence-corrected chi connectivity index (χ1v) is 4.61. The van der Waals surface area contributed by atoms with Crippen LogP contribution in [0.3, 0.4) is 0 Å². The van der Waals surface area contributed by atoms with Crippen molar-refractivity contribution in [3.63, 3.8) is 0 Å². The first kappa shape index (κ1) is 11.0. The quantitative estimate of drug-likeness (QED) is 0.901. The largest absolute Gasteiger partial charge is 0.488 e. The molecule has 3 nitrogen and oxygen atoms in total. The molecule has 0 aliphatic carbocycles. The first-order chi connectivity index (χ1) is 6.69. The number of rotatable bonds is 3. The Morgan fingerprint density at radius 2 is 2.29 bits per heavy atom. The summed E-state index contributed by atoms with van der Waals surface area (Å²) in [6.07, 6.45) is 0. The number of benzene rings is 1. The van der Waals surface area contributed by atoms with Gasteiger partial charge >= 0.3 is 0 Å². The molecule has 14 heavy (non-hydrogen) atoms. The van der Waals surface area contributed by atoms with Crippen LogP contribution in [0.5, 0.6) is 5.75 Å². The Kier molecular flexibility index (Phi) is 3.86. The van der Waals surface area contributed by atoms with Gasteiger partial charge in [0.1, 0.15) is 12.7 Å². The third-order valence-corrected chi connectivity index (χ3v) is 2.15. The maximum absolute atomic E-state index is 13.2. The van der Waals surface area contributed by atoms with Crippen molar-refractivity contribution in [3.8, 4) is 11.8 Å². The Bertz CT molecular complexity index is 376. The molecule has 5 heteroatoms. The molecule has 74 valence electrons. The van der Waals surface area contributed by atoms with Crippen molar-refractivity contribution in [1.82, 2.24) is 0 Å². The third kappa shape index (κ3) is 2.44. The fourth-order valence-corrected chi connectivity index (χ4v) is 1.29. The second-order valence-corrected chi connectivity index (χ2v) is 3.30. The van der Waals surface area contributed by atoms with Gasteiger partial charge in [0, 0.05) is 4.47 Å². The molecule has 1 aromatic carbocycles.